The van der Waals surface area contributed by atoms with Gasteiger partial charge in [0.1, 0.15) is 5.69 Å². The van der Waals surface area contributed by atoms with Crippen molar-refractivity contribution in [2.24, 2.45) is 12.8 Å². The van der Waals surface area contributed by atoms with Gasteiger partial charge in [0, 0.05) is 19.3 Å². The van der Waals surface area contributed by atoms with Gasteiger partial charge in [-0.1, -0.05) is 12.1 Å². The van der Waals surface area contributed by atoms with Crippen LogP contribution in [0.4, 0.5) is 5.69 Å². The maximum atomic E-state index is 12.7. The predicted molar refractivity (Wildman–Crippen MR) is 79.7 cm³/mol. The number of imidazole rings is 1. The molecular weight excluding hydrogens is 252 g/mol. The van der Waals surface area contributed by atoms with Crippen molar-refractivity contribution in [2.45, 2.75) is 13.3 Å². The van der Waals surface area contributed by atoms with Crippen molar-refractivity contribution in [3.05, 3.63) is 48.0 Å². The van der Waals surface area contributed by atoms with E-state index < -0.39 is 0 Å². The Morgan fingerprint density at radius 1 is 1.45 bits per heavy atom. The SMILES string of the molecule is Cc1cccc(N(CCCN)C(=O)c2cncn2C)c1. The number of hydrogen-bond acceptors (Lipinski definition) is 3. The number of anilines is 1. The molecule has 2 rings (SSSR count). The van der Waals surface area contributed by atoms with Gasteiger partial charge < -0.3 is 15.2 Å². The highest BCUT2D eigenvalue weighted by Crippen LogP contribution is 2.18. The van der Waals surface area contributed by atoms with Crippen LogP contribution in [0.15, 0.2) is 36.8 Å². The summed E-state index contributed by atoms with van der Waals surface area (Å²) < 4.78 is 1.73. The molecule has 0 unspecified atom stereocenters. The van der Waals surface area contributed by atoms with Crippen molar-refractivity contribution in [1.82, 2.24) is 9.55 Å². The zero-order chi connectivity index (χ0) is 14.5. The van der Waals surface area contributed by atoms with Gasteiger partial charge in [-0.25, -0.2) is 4.98 Å². The van der Waals surface area contributed by atoms with Gasteiger partial charge in [0.05, 0.1) is 12.5 Å². The number of nitrogens with zero attached hydrogens (tertiary/aromatic N) is 3. The number of nitrogens with two attached hydrogens (primary N) is 1. The van der Waals surface area contributed by atoms with E-state index in [1.807, 2.05) is 38.2 Å². The Kier molecular flexibility index (Phi) is 4.53. The van der Waals surface area contributed by atoms with E-state index in [2.05, 4.69) is 4.98 Å². The van der Waals surface area contributed by atoms with Crippen molar-refractivity contribution < 1.29 is 4.79 Å². The van der Waals surface area contributed by atoms with Crippen LogP contribution >= 0.6 is 0 Å². The third kappa shape index (κ3) is 3.05. The lowest BCUT2D eigenvalue weighted by Gasteiger charge is -2.23. The Labute approximate surface area is 119 Å². The molecule has 1 aromatic heterocycles. The Balaban J connectivity index is 2.32. The Hall–Kier alpha value is -2.14. The lowest BCUT2D eigenvalue weighted by Crippen LogP contribution is -2.34. The Morgan fingerprint density at radius 3 is 2.85 bits per heavy atom. The zero-order valence-corrected chi connectivity index (χ0v) is 11.9. The predicted octanol–water partition coefficient (Wildman–Crippen LogP) is 1.72. The second-order valence-electron chi connectivity index (χ2n) is 4.83. The average Bonchev–Trinajstić information content (AvgIpc) is 2.85. The highest BCUT2D eigenvalue weighted by molar-refractivity contribution is 6.04. The van der Waals surface area contributed by atoms with Crippen molar-refractivity contribution in [3.63, 3.8) is 0 Å². The molecular formula is C15H20N4O. The van der Waals surface area contributed by atoms with Crippen molar-refractivity contribution in [1.29, 1.82) is 0 Å². The first-order valence-electron chi connectivity index (χ1n) is 6.68. The van der Waals surface area contributed by atoms with Gasteiger partial charge in [-0.3, -0.25) is 4.79 Å². The zero-order valence-electron chi connectivity index (χ0n) is 11.9. The molecule has 0 fully saturated rings. The summed E-state index contributed by atoms with van der Waals surface area (Å²) in [5.41, 5.74) is 8.17. The van der Waals surface area contributed by atoms with Gasteiger partial charge >= 0.3 is 0 Å². The number of carbonyl (C=O) groups excluding carboxylic acids is 1. The lowest BCUT2D eigenvalue weighted by molar-refractivity contribution is 0.0979. The van der Waals surface area contributed by atoms with Gasteiger partial charge in [0.25, 0.3) is 5.91 Å². The van der Waals surface area contributed by atoms with Crippen LogP contribution in [0, 0.1) is 6.92 Å². The van der Waals surface area contributed by atoms with Crippen LogP contribution in [0.2, 0.25) is 0 Å². The first kappa shape index (κ1) is 14.3. The fourth-order valence-corrected chi connectivity index (χ4v) is 2.09. The highest BCUT2D eigenvalue weighted by atomic mass is 16.2. The maximum Gasteiger partial charge on any atom is 0.276 e. The minimum atomic E-state index is -0.0518. The van der Waals surface area contributed by atoms with Crippen molar-refractivity contribution >= 4 is 11.6 Å². The second-order valence-corrected chi connectivity index (χ2v) is 4.83. The third-order valence-electron chi connectivity index (χ3n) is 3.18. The van der Waals surface area contributed by atoms with Crippen LogP contribution < -0.4 is 10.6 Å². The van der Waals surface area contributed by atoms with E-state index in [0.717, 1.165) is 17.7 Å². The largest absolute Gasteiger partial charge is 0.330 e. The highest BCUT2D eigenvalue weighted by Gasteiger charge is 2.19. The molecule has 0 spiro atoms. The average molecular weight is 272 g/mol. The van der Waals surface area contributed by atoms with Gasteiger partial charge in [-0.05, 0) is 37.6 Å². The molecule has 0 radical (unpaired) electrons. The summed E-state index contributed by atoms with van der Waals surface area (Å²) in [7, 11) is 1.82. The molecule has 0 bridgehead atoms. The summed E-state index contributed by atoms with van der Waals surface area (Å²) in [6, 6.07) is 7.92. The van der Waals surface area contributed by atoms with Gasteiger partial charge in [-0.15, -0.1) is 0 Å². The van der Waals surface area contributed by atoms with E-state index in [-0.39, 0.29) is 5.91 Å². The molecule has 5 heteroatoms. The molecule has 1 heterocycles. The van der Waals surface area contributed by atoms with Gasteiger partial charge in [0.2, 0.25) is 0 Å². The maximum absolute atomic E-state index is 12.7. The number of hydrogen-bond donors (Lipinski definition) is 1. The number of carbonyl (C=O) groups is 1. The Bertz CT molecular complexity index is 591. The van der Waals surface area contributed by atoms with Crippen LogP contribution in [-0.4, -0.2) is 28.5 Å². The number of aryl methyl sites for hydroxylation is 2. The smallest absolute Gasteiger partial charge is 0.276 e. The van der Waals surface area contributed by atoms with E-state index in [1.54, 1.807) is 22.0 Å². The van der Waals surface area contributed by atoms with E-state index in [4.69, 9.17) is 5.73 Å². The van der Waals surface area contributed by atoms with Crippen LogP contribution in [0.5, 0.6) is 0 Å². The van der Waals surface area contributed by atoms with Gasteiger partial charge in [0.15, 0.2) is 0 Å². The molecule has 0 atom stereocenters. The van der Waals surface area contributed by atoms with Gasteiger partial charge in [-0.2, -0.15) is 0 Å². The summed E-state index contributed by atoms with van der Waals surface area (Å²) in [4.78, 5) is 18.4. The molecule has 0 aliphatic carbocycles. The lowest BCUT2D eigenvalue weighted by atomic mass is 10.2. The monoisotopic (exact) mass is 272 g/mol. The first-order chi connectivity index (χ1) is 9.63. The fraction of sp³-hybridized carbons (Fsp3) is 0.333. The van der Waals surface area contributed by atoms with Crippen LogP contribution in [0.1, 0.15) is 22.5 Å². The van der Waals surface area contributed by atoms with E-state index in [9.17, 15) is 4.79 Å². The van der Waals surface area contributed by atoms with E-state index in [0.29, 0.717) is 18.8 Å². The minimum absolute atomic E-state index is 0.0518. The molecule has 106 valence electrons. The minimum Gasteiger partial charge on any atom is -0.330 e. The summed E-state index contributed by atoms with van der Waals surface area (Å²) >= 11 is 0. The summed E-state index contributed by atoms with van der Waals surface area (Å²) in [5.74, 6) is -0.0518. The van der Waals surface area contributed by atoms with Crippen LogP contribution in [0.3, 0.4) is 0 Å². The molecule has 5 nitrogen and oxygen atoms in total. The normalized spacial score (nSPS) is 10.6. The molecule has 0 aliphatic rings. The third-order valence-corrected chi connectivity index (χ3v) is 3.18. The Morgan fingerprint density at radius 2 is 2.25 bits per heavy atom. The quantitative estimate of drug-likeness (QED) is 0.901. The molecule has 0 saturated heterocycles. The molecule has 0 saturated carbocycles. The number of amides is 1. The summed E-state index contributed by atoms with van der Waals surface area (Å²) in [6.07, 6.45) is 3.98. The first-order valence-corrected chi connectivity index (χ1v) is 6.68. The number of aromatic nitrogens is 2. The summed E-state index contributed by atoms with van der Waals surface area (Å²) in [6.45, 7) is 3.17. The second kappa shape index (κ2) is 6.34. The topological polar surface area (TPSA) is 64.2 Å². The number of rotatable bonds is 5. The van der Waals surface area contributed by atoms with Crippen LogP contribution in [-0.2, 0) is 7.05 Å². The van der Waals surface area contributed by atoms with E-state index in [1.165, 1.54) is 0 Å². The fourth-order valence-electron chi connectivity index (χ4n) is 2.09. The number of benzene rings is 1. The standard InChI is InChI=1S/C15H20N4O/c1-12-5-3-6-13(9-12)19(8-4-7-16)15(20)14-10-17-11-18(14)2/h3,5-6,9-11H,4,7-8,16H2,1-2H3. The molecule has 20 heavy (non-hydrogen) atoms. The molecule has 2 N–H and O–H groups in total. The van der Waals surface area contributed by atoms with E-state index >= 15 is 0 Å². The molecule has 1 aromatic carbocycles. The molecule has 0 aliphatic heterocycles. The van der Waals surface area contributed by atoms with Crippen molar-refractivity contribution in [2.75, 3.05) is 18.0 Å². The summed E-state index contributed by atoms with van der Waals surface area (Å²) in [5, 5.41) is 0. The molecule has 1 amide bonds. The molecule has 2 aromatic rings. The van der Waals surface area contributed by atoms with Crippen LogP contribution in [0.25, 0.3) is 0 Å². The van der Waals surface area contributed by atoms with Crippen molar-refractivity contribution in [3.8, 4) is 0 Å².